The maximum Gasteiger partial charge on any atom is 0.230 e. The first-order chi connectivity index (χ1) is 12.0. The first kappa shape index (κ1) is 22.2. The third-order valence-electron chi connectivity index (χ3n) is 4.78. The molecule has 26 heavy (non-hydrogen) atoms. The molecule has 1 aliphatic carbocycles. The normalized spacial score (nSPS) is 15.5. The second kappa shape index (κ2) is 10.4. The van der Waals surface area contributed by atoms with Gasteiger partial charge in [0.05, 0.1) is 17.0 Å². The molecule has 1 aliphatic rings. The summed E-state index contributed by atoms with van der Waals surface area (Å²) in [5.74, 6) is 0.877. The summed E-state index contributed by atoms with van der Waals surface area (Å²) in [5, 5.41) is 15.4. The molecule has 0 radical (unpaired) electrons. The van der Waals surface area contributed by atoms with Crippen molar-refractivity contribution in [2.75, 3.05) is 27.7 Å². The van der Waals surface area contributed by atoms with Crippen LogP contribution in [0.25, 0.3) is 0 Å². The van der Waals surface area contributed by atoms with Crippen LogP contribution in [0.15, 0.2) is 29.3 Å². The van der Waals surface area contributed by atoms with Crippen molar-refractivity contribution in [2.45, 2.75) is 32.2 Å². The lowest BCUT2D eigenvalue weighted by Crippen LogP contribution is -2.49. The fourth-order valence-corrected chi connectivity index (χ4v) is 3.35. The van der Waals surface area contributed by atoms with Crippen LogP contribution in [-0.4, -0.2) is 44.5 Å². The molecule has 0 atom stereocenters. The van der Waals surface area contributed by atoms with Crippen LogP contribution >= 0.6 is 24.0 Å². The number of nitriles is 1. The number of amides is 1. The van der Waals surface area contributed by atoms with E-state index in [1.165, 1.54) is 0 Å². The molecule has 1 aromatic carbocycles. The van der Waals surface area contributed by atoms with Gasteiger partial charge in [-0.05, 0) is 30.5 Å². The zero-order valence-corrected chi connectivity index (χ0v) is 18.0. The fraction of sp³-hybridized carbons (Fsp3) is 0.526. The molecule has 2 N–H and O–H groups in total. The van der Waals surface area contributed by atoms with Crippen molar-refractivity contribution in [1.29, 1.82) is 5.26 Å². The van der Waals surface area contributed by atoms with Crippen molar-refractivity contribution >= 4 is 35.8 Å². The molecule has 142 valence electrons. The highest BCUT2D eigenvalue weighted by atomic mass is 127. The van der Waals surface area contributed by atoms with Gasteiger partial charge in [-0.25, -0.2) is 0 Å². The minimum Gasteiger partial charge on any atom is -0.355 e. The fourth-order valence-electron chi connectivity index (χ4n) is 3.35. The van der Waals surface area contributed by atoms with Gasteiger partial charge in [-0.3, -0.25) is 9.79 Å². The molecule has 0 unspecified atom stereocenters. The van der Waals surface area contributed by atoms with Crippen LogP contribution < -0.4 is 10.6 Å². The Morgan fingerprint density at radius 3 is 2.35 bits per heavy atom. The summed E-state index contributed by atoms with van der Waals surface area (Å²) >= 11 is 0. The average Bonchev–Trinajstić information content (AvgIpc) is 3.11. The summed E-state index contributed by atoms with van der Waals surface area (Å²) in [6.45, 7) is 1.21. The lowest BCUT2D eigenvalue weighted by Gasteiger charge is -2.31. The van der Waals surface area contributed by atoms with Crippen molar-refractivity contribution in [3.63, 3.8) is 0 Å². The Labute approximate surface area is 173 Å². The molecule has 0 bridgehead atoms. The van der Waals surface area contributed by atoms with E-state index in [1.54, 1.807) is 24.1 Å². The SMILES string of the molecule is CN=C(NCc1ccc(C#N)cc1)NCC1(C(=O)N(C)C)CCCC1.I. The van der Waals surface area contributed by atoms with E-state index in [0.29, 0.717) is 24.6 Å². The zero-order chi connectivity index (χ0) is 18.3. The zero-order valence-electron chi connectivity index (χ0n) is 15.7. The molecule has 0 aromatic heterocycles. The molecule has 1 saturated carbocycles. The molecular formula is C19H28IN5O. The summed E-state index contributed by atoms with van der Waals surface area (Å²) in [6, 6.07) is 9.56. The molecule has 1 aromatic rings. The van der Waals surface area contributed by atoms with Crippen LogP contribution in [-0.2, 0) is 11.3 Å². The highest BCUT2D eigenvalue weighted by molar-refractivity contribution is 14.0. The third kappa shape index (κ3) is 5.59. The number of aliphatic imine (C=N–C) groups is 1. The first-order valence-electron chi connectivity index (χ1n) is 8.66. The van der Waals surface area contributed by atoms with Gasteiger partial charge in [0.2, 0.25) is 5.91 Å². The Balaban J connectivity index is 0.00000338. The van der Waals surface area contributed by atoms with E-state index in [0.717, 1.165) is 31.2 Å². The molecule has 0 heterocycles. The number of nitrogens with zero attached hydrogens (tertiary/aromatic N) is 3. The Hall–Kier alpha value is -1.82. The monoisotopic (exact) mass is 469 g/mol. The van der Waals surface area contributed by atoms with Gasteiger partial charge >= 0.3 is 0 Å². The van der Waals surface area contributed by atoms with Crippen LogP contribution in [0.1, 0.15) is 36.8 Å². The van der Waals surface area contributed by atoms with Gasteiger partial charge in [-0.2, -0.15) is 5.26 Å². The van der Waals surface area contributed by atoms with E-state index in [1.807, 2.05) is 26.2 Å². The highest BCUT2D eigenvalue weighted by Crippen LogP contribution is 2.38. The van der Waals surface area contributed by atoms with Crippen molar-refractivity contribution in [3.8, 4) is 6.07 Å². The highest BCUT2D eigenvalue weighted by Gasteiger charge is 2.42. The molecule has 0 saturated heterocycles. The van der Waals surface area contributed by atoms with Crippen molar-refractivity contribution in [2.24, 2.45) is 10.4 Å². The van der Waals surface area contributed by atoms with Gasteiger partial charge in [-0.15, -0.1) is 24.0 Å². The summed E-state index contributed by atoms with van der Waals surface area (Å²) < 4.78 is 0. The second-order valence-corrected chi connectivity index (χ2v) is 6.78. The van der Waals surface area contributed by atoms with Gasteiger partial charge in [0.1, 0.15) is 0 Å². The van der Waals surface area contributed by atoms with Crippen molar-refractivity contribution in [3.05, 3.63) is 35.4 Å². The molecule has 0 aliphatic heterocycles. The number of nitrogens with one attached hydrogen (secondary N) is 2. The van der Waals surface area contributed by atoms with E-state index in [2.05, 4.69) is 21.7 Å². The number of rotatable bonds is 5. The smallest absolute Gasteiger partial charge is 0.230 e. The van der Waals surface area contributed by atoms with E-state index >= 15 is 0 Å². The number of carbonyl (C=O) groups is 1. The topological polar surface area (TPSA) is 80.5 Å². The number of benzene rings is 1. The Bertz CT molecular complexity index is 658. The third-order valence-corrected chi connectivity index (χ3v) is 4.78. The van der Waals surface area contributed by atoms with Gasteiger partial charge in [0, 0.05) is 34.2 Å². The predicted molar refractivity (Wildman–Crippen MR) is 114 cm³/mol. The number of guanidine groups is 1. The standard InChI is InChI=1S/C19H27N5O.HI/c1-21-18(22-13-16-8-6-15(12-20)7-9-16)23-14-19(10-4-5-11-19)17(25)24(2)3;/h6-9H,4-5,10-11,13-14H2,1-3H3,(H2,21,22,23);1H. The minimum absolute atomic E-state index is 0. The number of carbonyl (C=O) groups excluding carboxylic acids is 1. The van der Waals surface area contributed by atoms with E-state index < -0.39 is 0 Å². The van der Waals surface area contributed by atoms with Gasteiger partial charge in [0.15, 0.2) is 5.96 Å². The lowest BCUT2D eigenvalue weighted by atomic mass is 9.84. The van der Waals surface area contributed by atoms with Crippen LogP contribution in [0.4, 0.5) is 0 Å². The van der Waals surface area contributed by atoms with Crippen LogP contribution in [0.2, 0.25) is 0 Å². The van der Waals surface area contributed by atoms with E-state index in [4.69, 9.17) is 5.26 Å². The van der Waals surface area contributed by atoms with Gasteiger partial charge in [-0.1, -0.05) is 25.0 Å². The van der Waals surface area contributed by atoms with Crippen LogP contribution in [0, 0.1) is 16.7 Å². The molecule has 7 heteroatoms. The molecule has 0 spiro atoms. The van der Waals surface area contributed by atoms with E-state index in [-0.39, 0.29) is 35.3 Å². The Kier molecular flexibility index (Phi) is 8.85. The van der Waals surface area contributed by atoms with Gasteiger partial charge in [0.25, 0.3) is 0 Å². The number of hydrogen-bond donors (Lipinski definition) is 2. The Morgan fingerprint density at radius 2 is 1.85 bits per heavy atom. The quantitative estimate of drug-likeness (QED) is 0.395. The average molecular weight is 469 g/mol. The maximum absolute atomic E-state index is 12.6. The number of halogens is 1. The molecule has 1 fully saturated rings. The van der Waals surface area contributed by atoms with Crippen LogP contribution in [0.5, 0.6) is 0 Å². The molecule has 1 amide bonds. The summed E-state index contributed by atoms with van der Waals surface area (Å²) in [4.78, 5) is 18.6. The Morgan fingerprint density at radius 1 is 1.23 bits per heavy atom. The summed E-state index contributed by atoms with van der Waals surface area (Å²) in [5.41, 5.74) is 1.40. The maximum atomic E-state index is 12.6. The largest absolute Gasteiger partial charge is 0.355 e. The van der Waals surface area contributed by atoms with Crippen LogP contribution in [0.3, 0.4) is 0 Å². The molecule has 6 nitrogen and oxygen atoms in total. The summed E-state index contributed by atoms with van der Waals surface area (Å²) in [6.07, 6.45) is 4.03. The minimum atomic E-state index is -0.324. The molecule has 2 rings (SSSR count). The molecular weight excluding hydrogens is 441 g/mol. The summed E-state index contributed by atoms with van der Waals surface area (Å²) in [7, 11) is 5.37. The van der Waals surface area contributed by atoms with E-state index in [9.17, 15) is 4.79 Å². The number of hydrogen-bond acceptors (Lipinski definition) is 3. The second-order valence-electron chi connectivity index (χ2n) is 6.78. The first-order valence-corrected chi connectivity index (χ1v) is 8.66. The predicted octanol–water partition coefficient (Wildman–Crippen LogP) is 2.49. The van der Waals surface area contributed by atoms with Crippen molar-refractivity contribution in [1.82, 2.24) is 15.5 Å². The van der Waals surface area contributed by atoms with Gasteiger partial charge < -0.3 is 15.5 Å². The van der Waals surface area contributed by atoms with Crippen molar-refractivity contribution < 1.29 is 4.79 Å². The lowest BCUT2D eigenvalue weighted by molar-refractivity contribution is -0.138.